The van der Waals surface area contributed by atoms with E-state index in [1.807, 2.05) is 0 Å². The third-order valence-corrected chi connectivity index (χ3v) is 4.05. The van der Waals surface area contributed by atoms with Crippen molar-refractivity contribution in [2.75, 3.05) is 19.5 Å². The third kappa shape index (κ3) is 4.09. The summed E-state index contributed by atoms with van der Waals surface area (Å²) in [6.07, 6.45) is 1.23. The van der Waals surface area contributed by atoms with Crippen molar-refractivity contribution in [1.82, 2.24) is 9.97 Å². The van der Waals surface area contributed by atoms with Crippen molar-refractivity contribution < 1.29 is 14.3 Å². The van der Waals surface area contributed by atoms with Gasteiger partial charge < -0.3 is 19.8 Å². The molecule has 0 saturated heterocycles. The first kappa shape index (κ1) is 18.5. The van der Waals surface area contributed by atoms with Crippen LogP contribution in [0.25, 0.3) is 11.4 Å². The van der Waals surface area contributed by atoms with Gasteiger partial charge in [0.05, 0.1) is 14.2 Å². The Hall–Kier alpha value is -3.32. The Balaban J connectivity index is 1.83. The van der Waals surface area contributed by atoms with Crippen LogP contribution in [0.3, 0.4) is 0 Å². The number of carbonyl (C=O) groups is 1. The lowest BCUT2D eigenvalue weighted by Gasteiger charge is -2.10. The molecular weight excluding hydrogens is 370 g/mol. The number of carbonyl (C=O) groups excluding carboxylic acids is 1. The number of hydrogen-bond donors (Lipinski definition) is 2. The summed E-state index contributed by atoms with van der Waals surface area (Å²) in [5.41, 5.74) is 0.484. The number of methoxy groups -OCH3 is 2. The summed E-state index contributed by atoms with van der Waals surface area (Å²) in [5, 5.41) is 3.22. The third-order valence-electron chi connectivity index (χ3n) is 3.80. The number of anilines is 1. The molecule has 0 bridgehead atoms. The van der Waals surface area contributed by atoms with Crippen molar-refractivity contribution in [1.29, 1.82) is 0 Å². The van der Waals surface area contributed by atoms with Gasteiger partial charge in [0, 0.05) is 28.5 Å². The van der Waals surface area contributed by atoms with Gasteiger partial charge in [-0.2, -0.15) is 0 Å². The molecular formula is C19H16ClN3O4. The minimum Gasteiger partial charge on any atom is -0.493 e. The van der Waals surface area contributed by atoms with Crippen LogP contribution in [-0.2, 0) is 0 Å². The van der Waals surface area contributed by atoms with Crippen molar-refractivity contribution in [3.63, 3.8) is 0 Å². The summed E-state index contributed by atoms with van der Waals surface area (Å²) >= 11 is 5.85. The Labute approximate surface area is 159 Å². The first-order chi connectivity index (χ1) is 13.0. The Kier molecular flexibility index (Phi) is 5.42. The normalized spacial score (nSPS) is 10.3. The predicted molar refractivity (Wildman–Crippen MR) is 103 cm³/mol. The van der Waals surface area contributed by atoms with Gasteiger partial charge in [0.15, 0.2) is 11.5 Å². The zero-order valence-corrected chi connectivity index (χ0v) is 15.3. The summed E-state index contributed by atoms with van der Waals surface area (Å²) in [5.74, 6) is 0.751. The molecule has 3 rings (SSSR count). The molecule has 8 heteroatoms. The van der Waals surface area contributed by atoms with Crippen LogP contribution in [0.2, 0.25) is 5.02 Å². The Morgan fingerprint density at radius 1 is 1.07 bits per heavy atom. The van der Waals surface area contributed by atoms with Gasteiger partial charge in [-0.05, 0) is 36.4 Å². The zero-order valence-electron chi connectivity index (χ0n) is 14.6. The van der Waals surface area contributed by atoms with Gasteiger partial charge in [-0.1, -0.05) is 11.6 Å². The van der Waals surface area contributed by atoms with Crippen molar-refractivity contribution >= 4 is 23.2 Å². The van der Waals surface area contributed by atoms with Crippen LogP contribution in [0.5, 0.6) is 11.5 Å². The van der Waals surface area contributed by atoms with E-state index < -0.39 is 11.5 Å². The van der Waals surface area contributed by atoms with Crippen LogP contribution >= 0.6 is 11.6 Å². The van der Waals surface area contributed by atoms with Gasteiger partial charge in [0.25, 0.3) is 11.5 Å². The van der Waals surface area contributed by atoms with E-state index >= 15 is 0 Å². The molecule has 0 radical (unpaired) electrons. The van der Waals surface area contributed by atoms with Gasteiger partial charge in [0.2, 0.25) is 0 Å². The molecule has 0 aliphatic rings. The smallest absolute Gasteiger partial charge is 0.264 e. The number of amides is 1. The first-order valence-electron chi connectivity index (χ1n) is 7.90. The second kappa shape index (κ2) is 7.92. The molecule has 0 unspecified atom stereocenters. The molecule has 7 nitrogen and oxygen atoms in total. The van der Waals surface area contributed by atoms with E-state index in [0.717, 1.165) is 0 Å². The molecule has 1 aromatic heterocycles. The van der Waals surface area contributed by atoms with Crippen molar-refractivity contribution in [2.24, 2.45) is 0 Å². The van der Waals surface area contributed by atoms with Crippen LogP contribution in [0.15, 0.2) is 53.5 Å². The maximum atomic E-state index is 12.4. The predicted octanol–water partition coefficient (Wildman–Crippen LogP) is 3.36. The molecule has 0 atom stereocenters. The monoisotopic (exact) mass is 385 g/mol. The van der Waals surface area contributed by atoms with E-state index in [4.69, 9.17) is 21.1 Å². The number of aromatic nitrogens is 2. The minimum absolute atomic E-state index is 0.109. The zero-order chi connectivity index (χ0) is 19.4. The molecule has 1 heterocycles. The largest absolute Gasteiger partial charge is 0.493 e. The van der Waals surface area contributed by atoms with Crippen molar-refractivity contribution in [3.05, 3.63) is 69.6 Å². The summed E-state index contributed by atoms with van der Waals surface area (Å²) in [7, 11) is 3.01. The molecule has 0 aliphatic carbocycles. The van der Waals surface area contributed by atoms with Crippen molar-refractivity contribution in [2.45, 2.75) is 0 Å². The molecule has 0 spiro atoms. The topological polar surface area (TPSA) is 93.3 Å². The molecule has 27 heavy (non-hydrogen) atoms. The highest BCUT2D eigenvalue weighted by molar-refractivity contribution is 6.30. The highest BCUT2D eigenvalue weighted by Gasteiger charge is 2.14. The number of halogens is 1. The van der Waals surface area contributed by atoms with E-state index in [2.05, 4.69) is 15.3 Å². The second-order valence-electron chi connectivity index (χ2n) is 5.51. The number of hydrogen-bond acceptors (Lipinski definition) is 5. The maximum Gasteiger partial charge on any atom is 0.264 e. The van der Waals surface area contributed by atoms with E-state index in [9.17, 15) is 9.59 Å². The maximum absolute atomic E-state index is 12.4. The molecule has 1 amide bonds. The number of aromatic amines is 1. The quantitative estimate of drug-likeness (QED) is 0.702. The van der Waals surface area contributed by atoms with Crippen LogP contribution < -0.4 is 20.3 Å². The molecule has 3 aromatic rings. The average molecular weight is 386 g/mol. The molecule has 2 N–H and O–H groups in total. The minimum atomic E-state index is -0.585. The fourth-order valence-corrected chi connectivity index (χ4v) is 2.55. The molecule has 0 aliphatic heterocycles. The summed E-state index contributed by atoms with van der Waals surface area (Å²) < 4.78 is 10.3. The number of benzene rings is 2. The summed E-state index contributed by atoms with van der Waals surface area (Å²) in [4.78, 5) is 31.5. The molecule has 138 valence electrons. The van der Waals surface area contributed by atoms with Crippen LogP contribution in [0, 0.1) is 0 Å². The van der Waals surface area contributed by atoms with Gasteiger partial charge in [-0.15, -0.1) is 0 Å². The van der Waals surface area contributed by atoms with Crippen molar-refractivity contribution in [3.8, 4) is 22.9 Å². The van der Waals surface area contributed by atoms with Gasteiger partial charge in [-0.3, -0.25) is 9.59 Å². The van der Waals surface area contributed by atoms with Crippen LogP contribution in [-0.4, -0.2) is 30.1 Å². The standard InChI is InChI=1S/C19H16ClN3O4/c1-26-15-8-7-13(9-16(15)27-2)22-18(24)14-10-21-17(23-19(14)25)11-3-5-12(20)6-4-11/h3-10H,1-2H3,(H,22,24)(H,21,23,25). The SMILES string of the molecule is COc1ccc(NC(=O)c2cnc(-c3ccc(Cl)cc3)[nH]c2=O)cc1OC. The Morgan fingerprint density at radius 2 is 1.78 bits per heavy atom. The van der Waals surface area contributed by atoms with Gasteiger partial charge >= 0.3 is 0 Å². The Bertz CT molecular complexity index is 1030. The lowest BCUT2D eigenvalue weighted by atomic mass is 10.2. The average Bonchev–Trinajstić information content (AvgIpc) is 2.68. The highest BCUT2D eigenvalue weighted by atomic mass is 35.5. The first-order valence-corrected chi connectivity index (χ1v) is 8.28. The fourth-order valence-electron chi connectivity index (χ4n) is 2.42. The van der Waals surface area contributed by atoms with E-state index in [-0.39, 0.29) is 5.56 Å². The lowest BCUT2D eigenvalue weighted by molar-refractivity contribution is 0.102. The van der Waals surface area contributed by atoms with E-state index in [1.54, 1.807) is 42.5 Å². The Morgan fingerprint density at radius 3 is 2.41 bits per heavy atom. The number of nitrogens with zero attached hydrogens (tertiary/aromatic N) is 1. The van der Waals surface area contributed by atoms with Crippen LogP contribution in [0.1, 0.15) is 10.4 Å². The van der Waals surface area contributed by atoms with Gasteiger partial charge in [0.1, 0.15) is 11.4 Å². The van der Waals surface area contributed by atoms with E-state index in [0.29, 0.717) is 33.6 Å². The van der Waals surface area contributed by atoms with Gasteiger partial charge in [-0.25, -0.2) is 4.98 Å². The lowest BCUT2D eigenvalue weighted by Crippen LogP contribution is -2.24. The number of nitrogens with one attached hydrogen (secondary N) is 2. The fraction of sp³-hybridized carbons (Fsp3) is 0.105. The van der Waals surface area contributed by atoms with Crippen LogP contribution in [0.4, 0.5) is 5.69 Å². The summed E-state index contributed by atoms with van der Waals surface area (Å²) in [6, 6.07) is 11.7. The highest BCUT2D eigenvalue weighted by Crippen LogP contribution is 2.29. The molecule has 2 aromatic carbocycles. The number of ether oxygens (including phenoxy) is 2. The number of H-pyrrole nitrogens is 1. The molecule has 0 fully saturated rings. The van der Waals surface area contributed by atoms with E-state index in [1.165, 1.54) is 20.4 Å². The summed E-state index contributed by atoms with van der Waals surface area (Å²) in [6.45, 7) is 0. The number of rotatable bonds is 5. The second-order valence-corrected chi connectivity index (χ2v) is 5.94. The molecule has 0 saturated carbocycles.